The van der Waals surface area contributed by atoms with Crippen LogP contribution < -0.4 is 5.32 Å². The third-order valence-electron chi connectivity index (χ3n) is 4.53. The molecule has 30 heavy (non-hydrogen) atoms. The average molecular weight is 438 g/mol. The van der Waals surface area contributed by atoms with Gasteiger partial charge in [-0.2, -0.15) is 0 Å². The number of carbonyl (C=O) groups is 1. The number of nitrogens with one attached hydrogen (secondary N) is 1. The molecular formula is C22H20ClN5OS. The molecule has 2 heterocycles. The third-order valence-corrected chi connectivity index (χ3v) is 5.70. The zero-order chi connectivity index (χ0) is 21.1. The first kappa shape index (κ1) is 20.3. The molecule has 152 valence electrons. The molecule has 2 aromatic carbocycles. The van der Waals surface area contributed by atoms with Crippen LogP contribution in [0.4, 0.5) is 5.13 Å². The zero-order valence-corrected chi connectivity index (χ0v) is 18.1. The molecule has 8 heteroatoms. The van der Waals surface area contributed by atoms with Crippen LogP contribution >= 0.6 is 22.9 Å². The average Bonchev–Trinajstić information content (AvgIpc) is 3.36. The van der Waals surface area contributed by atoms with Gasteiger partial charge in [-0.05, 0) is 35.7 Å². The molecule has 0 saturated carbocycles. The van der Waals surface area contributed by atoms with Gasteiger partial charge in [-0.3, -0.25) is 10.1 Å². The number of anilines is 1. The number of amides is 1. The summed E-state index contributed by atoms with van der Waals surface area (Å²) in [6.45, 7) is 4.01. The summed E-state index contributed by atoms with van der Waals surface area (Å²) < 4.78 is 1.68. The van der Waals surface area contributed by atoms with E-state index in [4.69, 9.17) is 11.6 Å². The predicted octanol–water partition coefficient (Wildman–Crippen LogP) is 5.34. The SMILES string of the molecule is CC(C)c1c(C(=O)Nc2ncc(Cc3ccccc3)s2)nnn1-c1ccc(Cl)cc1. The lowest BCUT2D eigenvalue weighted by Gasteiger charge is -2.10. The van der Waals surface area contributed by atoms with Crippen LogP contribution in [0, 0.1) is 0 Å². The van der Waals surface area contributed by atoms with Gasteiger partial charge < -0.3 is 0 Å². The summed E-state index contributed by atoms with van der Waals surface area (Å²) in [4.78, 5) is 18.3. The van der Waals surface area contributed by atoms with Crippen molar-refractivity contribution >= 4 is 34.0 Å². The number of hydrogen-bond donors (Lipinski definition) is 1. The van der Waals surface area contributed by atoms with Crippen molar-refractivity contribution in [3.8, 4) is 5.69 Å². The minimum atomic E-state index is -0.320. The Morgan fingerprint density at radius 1 is 1.13 bits per heavy atom. The Morgan fingerprint density at radius 2 is 1.87 bits per heavy atom. The van der Waals surface area contributed by atoms with E-state index < -0.39 is 0 Å². The summed E-state index contributed by atoms with van der Waals surface area (Å²) in [6.07, 6.45) is 2.57. The Morgan fingerprint density at radius 3 is 2.57 bits per heavy atom. The quantitative estimate of drug-likeness (QED) is 0.441. The number of thiazole rings is 1. The van der Waals surface area contributed by atoms with Gasteiger partial charge in [-0.25, -0.2) is 9.67 Å². The lowest BCUT2D eigenvalue weighted by atomic mass is 10.1. The maximum absolute atomic E-state index is 12.9. The van der Waals surface area contributed by atoms with Crippen molar-refractivity contribution in [3.63, 3.8) is 0 Å². The van der Waals surface area contributed by atoms with Gasteiger partial charge in [0.05, 0.1) is 11.4 Å². The number of hydrogen-bond acceptors (Lipinski definition) is 5. The summed E-state index contributed by atoms with van der Waals surface area (Å²) in [5.74, 6) is -0.277. The van der Waals surface area contributed by atoms with Crippen molar-refractivity contribution in [2.24, 2.45) is 0 Å². The van der Waals surface area contributed by atoms with Gasteiger partial charge in [0, 0.05) is 22.5 Å². The Balaban J connectivity index is 1.54. The monoisotopic (exact) mass is 437 g/mol. The molecule has 0 fully saturated rings. The Hall–Kier alpha value is -3.03. The molecule has 4 rings (SSSR count). The largest absolute Gasteiger partial charge is 0.296 e. The van der Waals surface area contributed by atoms with E-state index in [9.17, 15) is 4.79 Å². The highest BCUT2D eigenvalue weighted by molar-refractivity contribution is 7.15. The number of carbonyl (C=O) groups excluding carboxylic acids is 1. The van der Waals surface area contributed by atoms with Crippen LogP contribution in [0.15, 0.2) is 60.8 Å². The van der Waals surface area contributed by atoms with Crippen LogP contribution in [0.25, 0.3) is 5.69 Å². The third kappa shape index (κ3) is 4.42. The van der Waals surface area contributed by atoms with Crippen LogP contribution in [-0.2, 0) is 6.42 Å². The normalized spacial score (nSPS) is 11.1. The van der Waals surface area contributed by atoms with Crippen LogP contribution in [0.3, 0.4) is 0 Å². The van der Waals surface area contributed by atoms with Crippen LogP contribution in [0.5, 0.6) is 0 Å². The van der Waals surface area contributed by atoms with E-state index in [1.165, 1.54) is 16.9 Å². The van der Waals surface area contributed by atoms with E-state index in [2.05, 4.69) is 32.7 Å². The van der Waals surface area contributed by atoms with Crippen molar-refractivity contribution in [1.82, 2.24) is 20.0 Å². The van der Waals surface area contributed by atoms with Crippen molar-refractivity contribution in [2.75, 3.05) is 5.32 Å². The van der Waals surface area contributed by atoms with Gasteiger partial charge >= 0.3 is 0 Å². The van der Waals surface area contributed by atoms with E-state index >= 15 is 0 Å². The summed E-state index contributed by atoms with van der Waals surface area (Å²) in [6, 6.07) is 17.4. The summed E-state index contributed by atoms with van der Waals surface area (Å²) in [5, 5.41) is 12.4. The molecule has 0 unspecified atom stereocenters. The predicted molar refractivity (Wildman–Crippen MR) is 120 cm³/mol. The van der Waals surface area contributed by atoms with Gasteiger partial charge in [0.15, 0.2) is 10.8 Å². The molecule has 0 atom stereocenters. The standard InChI is InChI=1S/C22H20ClN5OS/c1-14(2)20-19(26-27-28(20)17-10-8-16(23)9-11-17)21(29)25-22-24-13-18(30-22)12-15-6-4-3-5-7-15/h3-11,13-14H,12H2,1-2H3,(H,24,25,29). The molecule has 6 nitrogen and oxygen atoms in total. The number of halogens is 1. The summed E-state index contributed by atoms with van der Waals surface area (Å²) in [5.41, 5.74) is 3.02. The second kappa shape index (κ2) is 8.77. The fraction of sp³-hybridized carbons (Fsp3) is 0.182. The van der Waals surface area contributed by atoms with E-state index in [0.717, 1.165) is 22.7 Å². The van der Waals surface area contributed by atoms with Crippen LogP contribution in [0.1, 0.15) is 46.4 Å². The summed E-state index contributed by atoms with van der Waals surface area (Å²) in [7, 11) is 0. The maximum Gasteiger partial charge on any atom is 0.279 e. The Bertz CT molecular complexity index is 1150. The highest BCUT2D eigenvalue weighted by Crippen LogP contribution is 2.25. The first-order valence-corrected chi connectivity index (χ1v) is 10.7. The second-order valence-electron chi connectivity index (χ2n) is 7.11. The molecule has 0 radical (unpaired) electrons. The smallest absolute Gasteiger partial charge is 0.279 e. The molecule has 0 aliphatic rings. The van der Waals surface area contributed by atoms with Gasteiger partial charge in [0.25, 0.3) is 5.91 Å². The molecule has 0 spiro atoms. The van der Waals surface area contributed by atoms with Crippen molar-refractivity contribution in [1.29, 1.82) is 0 Å². The maximum atomic E-state index is 12.9. The first-order valence-electron chi connectivity index (χ1n) is 9.53. The Kier molecular flexibility index (Phi) is 5.92. The fourth-order valence-electron chi connectivity index (χ4n) is 3.14. The van der Waals surface area contributed by atoms with Crippen molar-refractivity contribution < 1.29 is 4.79 Å². The van der Waals surface area contributed by atoms with Crippen molar-refractivity contribution in [3.05, 3.63) is 87.6 Å². The van der Waals surface area contributed by atoms with Crippen LogP contribution in [-0.4, -0.2) is 25.9 Å². The molecular weight excluding hydrogens is 418 g/mol. The lowest BCUT2D eigenvalue weighted by Crippen LogP contribution is -2.16. The highest BCUT2D eigenvalue weighted by Gasteiger charge is 2.23. The minimum absolute atomic E-state index is 0.0429. The molecule has 1 amide bonds. The van der Waals surface area contributed by atoms with Gasteiger partial charge in [-0.1, -0.05) is 61.0 Å². The number of benzene rings is 2. The molecule has 0 aliphatic carbocycles. The summed E-state index contributed by atoms with van der Waals surface area (Å²) >= 11 is 7.44. The number of aromatic nitrogens is 4. The molecule has 1 N–H and O–H groups in total. The minimum Gasteiger partial charge on any atom is -0.296 e. The van der Waals surface area contributed by atoms with Crippen LogP contribution in [0.2, 0.25) is 5.02 Å². The fourth-order valence-corrected chi connectivity index (χ4v) is 4.11. The molecule has 0 saturated heterocycles. The lowest BCUT2D eigenvalue weighted by molar-refractivity contribution is 0.102. The van der Waals surface area contributed by atoms with E-state index in [-0.39, 0.29) is 11.8 Å². The van der Waals surface area contributed by atoms with Gasteiger partial charge in [-0.15, -0.1) is 16.4 Å². The van der Waals surface area contributed by atoms with Crippen molar-refractivity contribution in [2.45, 2.75) is 26.2 Å². The van der Waals surface area contributed by atoms with E-state index in [0.29, 0.717) is 15.8 Å². The molecule has 0 aliphatic heterocycles. The first-order chi connectivity index (χ1) is 14.5. The highest BCUT2D eigenvalue weighted by atomic mass is 35.5. The Labute approximate surface area is 183 Å². The topological polar surface area (TPSA) is 72.7 Å². The van der Waals surface area contributed by atoms with E-state index in [1.807, 2.05) is 44.2 Å². The molecule has 0 bridgehead atoms. The van der Waals surface area contributed by atoms with Gasteiger partial charge in [0.2, 0.25) is 0 Å². The number of rotatable bonds is 6. The van der Waals surface area contributed by atoms with E-state index in [1.54, 1.807) is 23.0 Å². The van der Waals surface area contributed by atoms with Gasteiger partial charge in [0.1, 0.15) is 0 Å². The molecule has 4 aromatic rings. The second-order valence-corrected chi connectivity index (χ2v) is 8.67. The zero-order valence-electron chi connectivity index (χ0n) is 16.5. The number of nitrogens with zero attached hydrogens (tertiary/aromatic N) is 4. The molecule has 2 aromatic heterocycles.